The Kier molecular flexibility index (Phi) is 6.30. The van der Waals surface area contributed by atoms with Crippen LogP contribution in [0.25, 0.3) is 6.08 Å². The number of carbonyl (C=O) groups is 1. The summed E-state index contributed by atoms with van der Waals surface area (Å²) in [6.07, 6.45) is 4.73. The number of carboxylic acid groups (broad SMARTS) is 1. The lowest BCUT2D eigenvalue weighted by Gasteiger charge is -2.26. The molecule has 0 atom stereocenters. The van der Waals surface area contributed by atoms with Crippen LogP contribution in [0.4, 0.5) is 0 Å². The highest BCUT2D eigenvalue weighted by atomic mass is 32.1. The van der Waals surface area contributed by atoms with Crippen LogP contribution in [0.3, 0.4) is 0 Å². The zero-order valence-electron chi connectivity index (χ0n) is 14.8. The van der Waals surface area contributed by atoms with Gasteiger partial charge in [0.05, 0.1) is 13.7 Å². The fraction of sp³-hybridized carbons (Fsp3) is 0.350. The topological polar surface area (TPSA) is 59.0 Å². The smallest absolute Gasteiger partial charge is 0.328 e. The van der Waals surface area contributed by atoms with Crippen LogP contribution in [0.1, 0.15) is 22.4 Å². The summed E-state index contributed by atoms with van der Waals surface area (Å²) in [4.78, 5) is 14.6. The summed E-state index contributed by atoms with van der Waals surface area (Å²) in [5, 5.41) is 10.9. The van der Waals surface area contributed by atoms with Crippen molar-refractivity contribution in [1.82, 2.24) is 4.90 Å². The standard InChI is InChI=1S/C20H23NO4S/c1-24-18-13-15(4-6-20(22)23)3-5-17(18)25-11-2-9-21-10-7-19-16(14-21)8-12-26-19/h3-6,8,12-13H,2,7,9-11,14H2,1H3,(H,22,23)/b6-4+. The summed E-state index contributed by atoms with van der Waals surface area (Å²) in [6.45, 7) is 3.78. The van der Waals surface area contributed by atoms with Crippen LogP contribution in [0.2, 0.25) is 0 Å². The number of benzene rings is 1. The molecule has 0 saturated heterocycles. The molecule has 0 fully saturated rings. The normalized spacial score (nSPS) is 14.3. The van der Waals surface area contributed by atoms with Crippen molar-refractivity contribution in [1.29, 1.82) is 0 Å². The van der Waals surface area contributed by atoms with Crippen molar-refractivity contribution in [2.24, 2.45) is 0 Å². The molecular formula is C20H23NO4S. The first-order chi connectivity index (χ1) is 12.7. The third kappa shape index (κ3) is 4.86. The van der Waals surface area contributed by atoms with Crippen molar-refractivity contribution in [3.8, 4) is 11.5 Å². The number of ether oxygens (including phenoxy) is 2. The lowest BCUT2D eigenvalue weighted by atomic mass is 10.1. The van der Waals surface area contributed by atoms with Crippen LogP contribution in [-0.4, -0.2) is 42.8 Å². The van der Waals surface area contributed by atoms with E-state index in [0.29, 0.717) is 18.1 Å². The predicted octanol–water partition coefficient (Wildman–Crippen LogP) is 3.68. The molecule has 1 N–H and O–H groups in total. The molecule has 0 spiro atoms. The zero-order chi connectivity index (χ0) is 18.4. The highest BCUT2D eigenvalue weighted by Crippen LogP contribution is 2.29. The summed E-state index contributed by atoms with van der Waals surface area (Å²) in [5.41, 5.74) is 2.23. The molecule has 2 aromatic rings. The average Bonchev–Trinajstić information content (AvgIpc) is 3.11. The molecule has 0 amide bonds. The van der Waals surface area contributed by atoms with Gasteiger partial charge in [-0.1, -0.05) is 6.07 Å². The highest BCUT2D eigenvalue weighted by molar-refractivity contribution is 7.10. The Hall–Kier alpha value is -2.31. The maximum absolute atomic E-state index is 10.6. The third-order valence-corrected chi connectivity index (χ3v) is 5.39. The lowest BCUT2D eigenvalue weighted by Crippen LogP contribution is -2.31. The van der Waals surface area contributed by atoms with Crippen LogP contribution in [0.15, 0.2) is 35.7 Å². The molecule has 2 heterocycles. The summed E-state index contributed by atoms with van der Waals surface area (Å²) < 4.78 is 11.2. The Morgan fingerprint density at radius 3 is 3.04 bits per heavy atom. The molecule has 0 radical (unpaired) electrons. The zero-order valence-corrected chi connectivity index (χ0v) is 15.6. The lowest BCUT2D eigenvalue weighted by molar-refractivity contribution is -0.131. The van der Waals surface area contributed by atoms with Crippen LogP contribution in [0, 0.1) is 0 Å². The van der Waals surface area contributed by atoms with Crippen molar-refractivity contribution in [2.45, 2.75) is 19.4 Å². The van der Waals surface area contributed by atoms with Gasteiger partial charge in [-0.2, -0.15) is 0 Å². The van der Waals surface area contributed by atoms with Gasteiger partial charge in [-0.05, 0) is 53.6 Å². The summed E-state index contributed by atoms with van der Waals surface area (Å²) >= 11 is 1.86. The average molecular weight is 373 g/mol. The van der Waals surface area contributed by atoms with E-state index in [1.54, 1.807) is 13.2 Å². The van der Waals surface area contributed by atoms with E-state index in [1.807, 2.05) is 23.5 Å². The molecule has 1 aromatic heterocycles. The number of fused-ring (bicyclic) bond motifs is 1. The van der Waals surface area contributed by atoms with E-state index in [-0.39, 0.29) is 0 Å². The first-order valence-corrected chi connectivity index (χ1v) is 9.53. The van der Waals surface area contributed by atoms with Gasteiger partial charge in [0.15, 0.2) is 11.5 Å². The number of thiophene rings is 1. The van der Waals surface area contributed by atoms with Gasteiger partial charge in [0, 0.05) is 30.6 Å². The van der Waals surface area contributed by atoms with E-state index >= 15 is 0 Å². The monoisotopic (exact) mass is 373 g/mol. The predicted molar refractivity (Wildman–Crippen MR) is 103 cm³/mol. The van der Waals surface area contributed by atoms with Crippen molar-refractivity contribution in [3.05, 3.63) is 51.7 Å². The number of rotatable bonds is 8. The van der Waals surface area contributed by atoms with Crippen molar-refractivity contribution in [3.63, 3.8) is 0 Å². The molecule has 0 bridgehead atoms. The number of nitrogens with zero attached hydrogens (tertiary/aromatic N) is 1. The number of hydrogen-bond acceptors (Lipinski definition) is 5. The first-order valence-electron chi connectivity index (χ1n) is 8.65. The van der Waals surface area contributed by atoms with E-state index in [1.165, 1.54) is 16.5 Å². The molecule has 1 aliphatic heterocycles. The minimum absolute atomic E-state index is 0.610. The van der Waals surface area contributed by atoms with Crippen molar-refractivity contribution in [2.75, 3.05) is 26.8 Å². The number of methoxy groups -OCH3 is 1. The maximum Gasteiger partial charge on any atom is 0.328 e. The Morgan fingerprint density at radius 1 is 1.35 bits per heavy atom. The highest BCUT2D eigenvalue weighted by Gasteiger charge is 2.16. The summed E-state index contributed by atoms with van der Waals surface area (Å²) in [7, 11) is 1.58. The second-order valence-electron chi connectivity index (χ2n) is 6.18. The minimum Gasteiger partial charge on any atom is -0.493 e. The Morgan fingerprint density at radius 2 is 2.23 bits per heavy atom. The van der Waals surface area contributed by atoms with Gasteiger partial charge in [-0.25, -0.2) is 4.79 Å². The van der Waals surface area contributed by atoms with Gasteiger partial charge in [-0.3, -0.25) is 4.90 Å². The van der Waals surface area contributed by atoms with Crippen LogP contribution in [-0.2, 0) is 17.8 Å². The molecule has 3 rings (SSSR count). The quantitative estimate of drug-likeness (QED) is 0.565. The van der Waals surface area contributed by atoms with E-state index < -0.39 is 5.97 Å². The van der Waals surface area contributed by atoms with Gasteiger partial charge >= 0.3 is 5.97 Å². The third-order valence-electron chi connectivity index (χ3n) is 4.37. The second kappa shape index (κ2) is 8.87. The molecule has 1 aromatic carbocycles. The first kappa shape index (κ1) is 18.5. The Balaban J connectivity index is 1.48. The number of hydrogen-bond donors (Lipinski definition) is 1. The summed E-state index contributed by atoms with van der Waals surface area (Å²) in [6, 6.07) is 7.64. The second-order valence-corrected chi connectivity index (χ2v) is 7.18. The van der Waals surface area contributed by atoms with Gasteiger partial charge in [-0.15, -0.1) is 11.3 Å². The van der Waals surface area contributed by atoms with Crippen molar-refractivity contribution < 1.29 is 19.4 Å². The minimum atomic E-state index is -0.975. The van der Waals surface area contributed by atoms with Gasteiger partial charge in [0.25, 0.3) is 0 Å². The van der Waals surface area contributed by atoms with Crippen molar-refractivity contribution >= 4 is 23.4 Å². The molecule has 5 nitrogen and oxygen atoms in total. The largest absolute Gasteiger partial charge is 0.493 e. The van der Waals surface area contributed by atoms with Gasteiger partial charge in [0.1, 0.15) is 0 Å². The van der Waals surface area contributed by atoms with E-state index in [0.717, 1.165) is 44.1 Å². The Labute approximate surface area is 157 Å². The summed E-state index contributed by atoms with van der Waals surface area (Å²) in [5.74, 6) is 0.314. The molecular weight excluding hydrogens is 350 g/mol. The molecule has 0 unspecified atom stereocenters. The fourth-order valence-electron chi connectivity index (χ4n) is 3.04. The Bertz CT molecular complexity index is 784. The molecule has 1 aliphatic rings. The van der Waals surface area contributed by atoms with Gasteiger partial charge in [0.2, 0.25) is 0 Å². The molecule has 6 heteroatoms. The molecule has 0 aliphatic carbocycles. The molecule has 138 valence electrons. The number of aliphatic carboxylic acids is 1. The van der Waals surface area contributed by atoms with Crippen LogP contribution in [0.5, 0.6) is 11.5 Å². The van der Waals surface area contributed by atoms with E-state index in [4.69, 9.17) is 14.6 Å². The molecule has 0 saturated carbocycles. The van der Waals surface area contributed by atoms with Gasteiger partial charge < -0.3 is 14.6 Å². The van der Waals surface area contributed by atoms with Crippen LogP contribution >= 0.6 is 11.3 Å². The van der Waals surface area contributed by atoms with Crippen LogP contribution < -0.4 is 9.47 Å². The SMILES string of the molecule is COc1cc(/C=C/C(=O)O)ccc1OCCCN1CCc2sccc2C1. The number of carboxylic acids is 1. The van der Waals surface area contributed by atoms with E-state index in [2.05, 4.69) is 16.3 Å². The van der Waals surface area contributed by atoms with E-state index in [9.17, 15) is 4.79 Å². The maximum atomic E-state index is 10.6. The molecule has 26 heavy (non-hydrogen) atoms. The fourth-order valence-corrected chi connectivity index (χ4v) is 3.93.